The Kier molecular flexibility index (Phi) is 5.83. The fourth-order valence-electron chi connectivity index (χ4n) is 1.60. The van der Waals surface area contributed by atoms with Gasteiger partial charge in [0.15, 0.2) is 0 Å². The van der Waals surface area contributed by atoms with Crippen molar-refractivity contribution in [1.29, 1.82) is 0 Å². The summed E-state index contributed by atoms with van der Waals surface area (Å²) in [5.74, 6) is 0.496. The van der Waals surface area contributed by atoms with Gasteiger partial charge in [-0.25, -0.2) is 4.98 Å². The van der Waals surface area contributed by atoms with Crippen molar-refractivity contribution < 1.29 is 0 Å². The average molecular weight is 292 g/mol. The quantitative estimate of drug-likeness (QED) is 0.780. The number of nitrogens with zero attached hydrogens (tertiary/aromatic N) is 2. The maximum Gasteiger partial charge on any atom is 0.0948 e. The molecule has 1 heterocycles. The molecule has 0 bridgehead atoms. The average Bonchev–Trinajstić information content (AvgIpc) is 2.74. The molecule has 0 aliphatic heterocycles. The van der Waals surface area contributed by atoms with Gasteiger partial charge in [-0.2, -0.15) is 0 Å². The highest BCUT2D eigenvalue weighted by molar-refractivity contribution is 6.30. The molecule has 0 amide bonds. The van der Waals surface area contributed by atoms with Crippen LogP contribution in [0, 0.1) is 0 Å². The van der Waals surface area contributed by atoms with Gasteiger partial charge in [-0.15, -0.1) is 24.0 Å². The zero-order chi connectivity index (χ0) is 11.4. The van der Waals surface area contributed by atoms with Crippen molar-refractivity contribution in [2.75, 3.05) is 0 Å². The van der Waals surface area contributed by atoms with Crippen molar-refractivity contribution in [2.24, 2.45) is 0 Å². The van der Waals surface area contributed by atoms with E-state index in [9.17, 15) is 0 Å². The first-order valence-electron chi connectivity index (χ1n) is 5.09. The van der Waals surface area contributed by atoms with Gasteiger partial charge in [-0.3, -0.25) is 0 Å². The first-order valence-corrected chi connectivity index (χ1v) is 6.00. The van der Waals surface area contributed by atoms with E-state index >= 15 is 0 Å². The largest absolute Gasteiger partial charge is 0.333 e. The summed E-state index contributed by atoms with van der Waals surface area (Å²) in [6.07, 6.45) is 4.54. The summed E-state index contributed by atoms with van der Waals surface area (Å²) >= 11 is 11.7. The van der Waals surface area contributed by atoms with Gasteiger partial charge in [-0.1, -0.05) is 23.7 Å². The minimum absolute atomic E-state index is 0. The zero-order valence-corrected chi connectivity index (χ0v) is 11.5. The Hall–Kier alpha value is -0.700. The minimum atomic E-state index is 0. The molecule has 0 saturated heterocycles. The Morgan fingerprint density at radius 2 is 2.12 bits per heavy atom. The Morgan fingerprint density at radius 3 is 2.82 bits per heavy atom. The van der Waals surface area contributed by atoms with Crippen molar-refractivity contribution in [1.82, 2.24) is 9.55 Å². The fraction of sp³-hybridized carbons (Fsp3) is 0.250. The van der Waals surface area contributed by atoms with Crippen LogP contribution >= 0.6 is 35.6 Å². The van der Waals surface area contributed by atoms with Crippen LogP contribution in [0.5, 0.6) is 0 Å². The molecule has 0 atom stereocenters. The summed E-state index contributed by atoms with van der Waals surface area (Å²) in [4.78, 5) is 4.08. The molecule has 2 aromatic rings. The van der Waals surface area contributed by atoms with Gasteiger partial charge >= 0.3 is 0 Å². The zero-order valence-electron chi connectivity index (χ0n) is 9.14. The Bertz CT molecular complexity index is 468. The van der Waals surface area contributed by atoms with Gasteiger partial charge in [0, 0.05) is 17.8 Å². The van der Waals surface area contributed by atoms with Crippen LogP contribution in [-0.4, -0.2) is 9.55 Å². The van der Waals surface area contributed by atoms with Gasteiger partial charge in [0.05, 0.1) is 17.9 Å². The highest BCUT2D eigenvalue weighted by Gasteiger charge is 2.01. The van der Waals surface area contributed by atoms with E-state index in [0.29, 0.717) is 5.88 Å². The van der Waals surface area contributed by atoms with Crippen LogP contribution in [0.2, 0.25) is 5.02 Å². The lowest BCUT2D eigenvalue weighted by atomic mass is 10.1. The molecule has 1 aromatic heterocycles. The van der Waals surface area contributed by atoms with Crippen LogP contribution in [0.3, 0.4) is 0 Å². The SMILES string of the molecule is Cl.ClCc1cncn1CCc1cccc(Cl)c1. The topological polar surface area (TPSA) is 17.8 Å². The van der Waals surface area contributed by atoms with Crippen molar-refractivity contribution in [2.45, 2.75) is 18.8 Å². The summed E-state index contributed by atoms with van der Waals surface area (Å²) < 4.78 is 2.06. The second kappa shape index (κ2) is 6.90. The van der Waals surface area contributed by atoms with Gasteiger partial charge in [-0.05, 0) is 24.1 Å². The molecule has 0 spiro atoms. The first kappa shape index (κ1) is 14.4. The molecule has 2 nitrogen and oxygen atoms in total. The normalized spacial score (nSPS) is 10.0. The van der Waals surface area contributed by atoms with Crippen LogP contribution in [0.1, 0.15) is 11.3 Å². The standard InChI is InChI=1S/C12H12Cl2N2.ClH/c13-7-12-8-15-9-16(12)5-4-10-2-1-3-11(14)6-10;/h1-3,6,8-9H,4-5,7H2;1H. The van der Waals surface area contributed by atoms with Crippen LogP contribution < -0.4 is 0 Å². The van der Waals surface area contributed by atoms with E-state index in [2.05, 4.69) is 15.6 Å². The maximum absolute atomic E-state index is 5.92. The van der Waals surface area contributed by atoms with E-state index in [1.165, 1.54) is 5.56 Å². The van der Waals surface area contributed by atoms with E-state index in [0.717, 1.165) is 23.7 Å². The second-order valence-electron chi connectivity index (χ2n) is 3.59. The van der Waals surface area contributed by atoms with E-state index in [1.54, 1.807) is 6.20 Å². The lowest BCUT2D eigenvalue weighted by Gasteiger charge is -2.06. The molecule has 2 rings (SSSR count). The molecule has 0 N–H and O–H groups in total. The van der Waals surface area contributed by atoms with Crippen molar-refractivity contribution in [3.63, 3.8) is 0 Å². The molecule has 0 saturated carbocycles. The fourth-order valence-corrected chi connectivity index (χ4v) is 2.04. The predicted molar refractivity (Wildman–Crippen MR) is 74.2 cm³/mol. The smallest absolute Gasteiger partial charge is 0.0948 e. The number of imidazole rings is 1. The van der Waals surface area contributed by atoms with Crippen molar-refractivity contribution >= 4 is 35.6 Å². The number of hydrogen-bond donors (Lipinski definition) is 0. The van der Waals surface area contributed by atoms with Gasteiger partial charge < -0.3 is 4.57 Å². The summed E-state index contributed by atoms with van der Waals surface area (Å²) in [6.45, 7) is 0.877. The molecule has 0 fully saturated rings. The predicted octanol–water partition coefficient (Wildman–Crippen LogP) is 3.94. The summed E-state index contributed by atoms with van der Waals surface area (Å²) in [5, 5.41) is 0.778. The summed E-state index contributed by atoms with van der Waals surface area (Å²) in [7, 11) is 0. The molecule has 92 valence electrons. The lowest BCUT2D eigenvalue weighted by Crippen LogP contribution is -2.03. The molecule has 5 heteroatoms. The van der Waals surface area contributed by atoms with Crippen LogP contribution in [0.25, 0.3) is 0 Å². The first-order chi connectivity index (χ1) is 7.79. The summed E-state index contributed by atoms with van der Waals surface area (Å²) in [5.41, 5.74) is 2.27. The Balaban J connectivity index is 0.00000144. The highest BCUT2D eigenvalue weighted by Crippen LogP contribution is 2.12. The molecule has 17 heavy (non-hydrogen) atoms. The molecule has 0 aliphatic carbocycles. The van der Waals surface area contributed by atoms with E-state index in [1.807, 2.05) is 24.5 Å². The van der Waals surface area contributed by atoms with Gasteiger partial charge in [0.25, 0.3) is 0 Å². The molecular weight excluding hydrogens is 279 g/mol. The van der Waals surface area contributed by atoms with Crippen LogP contribution in [0.4, 0.5) is 0 Å². The van der Waals surface area contributed by atoms with E-state index in [-0.39, 0.29) is 12.4 Å². The number of alkyl halides is 1. The number of aromatic nitrogens is 2. The molecular formula is C12H13Cl3N2. The monoisotopic (exact) mass is 290 g/mol. The second-order valence-corrected chi connectivity index (χ2v) is 4.30. The number of rotatable bonds is 4. The van der Waals surface area contributed by atoms with Gasteiger partial charge in [0.1, 0.15) is 0 Å². The van der Waals surface area contributed by atoms with Crippen LogP contribution in [0.15, 0.2) is 36.8 Å². The van der Waals surface area contributed by atoms with E-state index in [4.69, 9.17) is 23.2 Å². The molecule has 1 aromatic carbocycles. The third-order valence-electron chi connectivity index (χ3n) is 2.47. The molecule has 0 unspecified atom stereocenters. The summed E-state index contributed by atoms with van der Waals surface area (Å²) in [6, 6.07) is 7.91. The van der Waals surface area contributed by atoms with Crippen molar-refractivity contribution in [3.8, 4) is 0 Å². The van der Waals surface area contributed by atoms with Crippen molar-refractivity contribution in [3.05, 3.63) is 53.1 Å². The van der Waals surface area contributed by atoms with Crippen LogP contribution in [-0.2, 0) is 18.8 Å². The molecule has 0 aliphatic rings. The Labute approximate surface area is 117 Å². The number of aryl methyl sites for hydroxylation is 2. The number of halogens is 3. The number of benzene rings is 1. The highest BCUT2D eigenvalue weighted by atomic mass is 35.5. The van der Waals surface area contributed by atoms with Gasteiger partial charge in [0.2, 0.25) is 0 Å². The third-order valence-corrected chi connectivity index (χ3v) is 2.97. The van der Waals surface area contributed by atoms with E-state index < -0.39 is 0 Å². The molecule has 0 radical (unpaired) electrons. The maximum atomic E-state index is 5.92. The minimum Gasteiger partial charge on any atom is -0.333 e. The lowest BCUT2D eigenvalue weighted by molar-refractivity contribution is 0.674. The number of hydrogen-bond acceptors (Lipinski definition) is 1. The Morgan fingerprint density at radius 1 is 1.29 bits per heavy atom. The third kappa shape index (κ3) is 3.91.